The average molecular weight is 664 g/mol. The Balaban J connectivity index is 1.01. The van der Waals surface area contributed by atoms with Crippen molar-refractivity contribution in [2.75, 3.05) is 4.90 Å². The zero-order valence-corrected chi connectivity index (χ0v) is 28.4. The van der Waals surface area contributed by atoms with Gasteiger partial charge in [-0.25, -0.2) is 0 Å². The van der Waals surface area contributed by atoms with Gasteiger partial charge in [0.2, 0.25) is 0 Å². The Morgan fingerprint density at radius 3 is 1.75 bits per heavy atom. The third-order valence-corrected chi connectivity index (χ3v) is 10.3. The van der Waals surface area contributed by atoms with Crippen LogP contribution in [0.5, 0.6) is 11.5 Å². The predicted molar refractivity (Wildman–Crippen MR) is 218 cm³/mol. The van der Waals surface area contributed by atoms with Crippen molar-refractivity contribution < 1.29 is 4.74 Å². The van der Waals surface area contributed by atoms with E-state index in [0.717, 1.165) is 45.1 Å². The zero-order valence-electron chi connectivity index (χ0n) is 28.4. The molecule has 0 atom stereocenters. The molecule has 0 bridgehead atoms. The molecule has 9 aromatic carbocycles. The number of fused-ring (bicyclic) bond motifs is 3. The third-order valence-electron chi connectivity index (χ3n) is 10.3. The van der Waals surface area contributed by atoms with Crippen LogP contribution in [0.4, 0.5) is 17.1 Å². The van der Waals surface area contributed by atoms with Crippen LogP contribution in [-0.2, 0) is 0 Å². The van der Waals surface area contributed by atoms with E-state index in [1.54, 1.807) is 0 Å². The predicted octanol–water partition coefficient (Wildman–Crippen LogP) is 14.2. The lowest BCUT2D eigenvalue weighted by Gasteiger charge is -2.26. The molecule has 2 heteroatoms. The van der Waals surface area contributed by atoms with Gasteiger partial charge in [-0.05, 0) is 104 Å². The number of para-hydroxylation sites is 2. The third kappa shape index (κ3) is 5.12. The molecule has 0 spiro atoms. The number of anilines is 3. The van der Waals surface area contributed by atoms with Crippen molar-refractivity contribution in [2.24, 2.45) is 0 Å². The molecule has 0 unspecified atom stereocenters. The van der Waals surface area contributed by atoms with Gasteiger partial charge in [0.05, 0.1) is 0 Å². The molecular weight excluding hydrogens is 631 g/mol. The number of benzene rings is 9. The van der Waals surface area contributed by atoms with Crippen LogP contribution in [0.15, 0.2) is 200 Å². The molecular formula is C50H33NO. The van der Waals surface area contributed by atoms with Crippen molar-refractivity contribution >= 4 is 38.6 Å². The van der Waals surface area contributed by atoms with Gasteiger partial charge in [0.25, 0.3) is 0 Å². The second kappa shape index (κ2) is 12.5. The number of nitrogens with zero attached hydrogens (tertiary/aromatic N) is 1. The number of hydrogen-bond acceptors (Lipinski definition) is 2. The fourth-order valence-electron chi connectivity index (χ4n) is 7.79. The lowest BCUT2D eigenvalue weighted by atomic mass is 9.90. The second-order valence-corrected chi connectivity index (χ2v) is 13.3. The van der Waals surface area contributed by atoms with Gasteiger partial charge in [-0.2, -0.15) is 0 Å². The van der Waals surface area contributed by atoms with Crippen LogP contribution in [0.1, 0.15) is 0 Å². The van der Waals surface area contributed by atoms with Crippen molar-refractivity contribution in [1.82, 2.24) is 0 Å². The Bertz CT molecular complexity index is 2740. The Morgan fingerprint density at radius 2 is 0.885 bits per heavy atom. The van der Waals surface area contributed by atoms with Crippen molar-refractivity contribution in [3.05, 3.63) is 200 Å². The summed E-state index contributed by atoms with van der Waals surface area (Å²) in [6.07, 6.45) is 0. The Labute approximate surface area is 303 Å². The highest BCUT2D eigenvalue weighted by Gasteiger charge is 2.22. The minimum absolute atomic E-state index is 0.901. The molecule has 0 saturated heterocycles. The van der Waals surface area contributed by atoms with E-state index >= 15 is 0 Å². The summed E-state index contributed by atoms with van der Waals surface area (Å²) >= 11 is 0. The topological polar surface area (TPSA) is 12.5 Å². The molecule has 52 heavy (non-hydrogen) atoms. The second-order valence-electron chi connectivity index (χ2n) is 13.3. The van der Waals surface area contributed by atoms with E-state index < -0.39 is 0 Å². The summed E-state index contributed by atoms with van der Waals surface area (Å²) < 4.78 is 6.39. The summed E-state index contributed by atoms with van der Waals surface area (Å²) in [5.41, 5.74) is 12.8. The summed E-state index contributed by atoms with van der Waals surface area (Å²) in [5, 5.41) is 4.87. The lowest BCUT2D eigenvalue weighted by Crippen LogP contribution is -2.09. The van der Waals surface area contributed by atoms with Crippen LogP contribution in [0.3, 0.4) is 0 Å². The van der Waals surface area contributed by atoms with Crippen molar-refractivity contribution in [2.45, 2.75) is 0 Å². The molecule has 2 nitrogen and oxygen atoms in total. The fraction of sp³-hybridized carbons (Fsp3) is 0. The summed E-state index contributed by atoms with van der Waals surface area (Å²) in [6.45, 7) is 0. The molecule has 1 aliphatic heterocycles. The molecule has 9 aromatic rings. The Morgan fingerprint density at radius 1 is 0.308 bits per heavy atom. The van der Waals surface area contributed by atoms with Gasteiger partial charge < -0.3 is 9.64 Å². The van der Waals surface area contributed by atoms with E-state index in [1.165, 1.54) is 49.5 Å². The maximum Gasteiger partial charge on any atom is 0.135 e. The molecule has 0 amide bonds. The highest BCUT2D eigenvalue weighted by Crippen LogP contribution is 2.49. The van der Waals surface area contributed by atoms with Crippen molar-refractivity contribution in [1.29, 1.82) is 0 Å². The minimum Gasteiger partial charge on any atom is -0.456 e. The van der Waals surface area contributed by atoms with Gasteiger partial charge in [0.1, 0.15) is 11.5 Å². The zero-order chi connectivity index (χ0) is 34.4. The molecule has 0 radical (unpaired) electrons. The van der Waals surface area contributed by atoms with Gasteiger partial charge in [-0.15, -0.1) is 0 Å². The molecule has 10 rings (SSSR count). The first-order valence-electron chi connectivity index (χ1n) is 17.8. The molecule has 1 aliphatic rings. The smallest absolute Gasteiger partial charge is 0.135 e. The molecule has 0 fully saturated rings. The Hall–Kier alpha value is -6.90. The van der Waals surface area contributed by atoms with E-state index in [2.05, 4.69) is 193 Å². The quantitative estimate of drug-likeness (QED) is 0.176. The van der Waals surface area contributed by atoms with E-state index in [4.69, 9.17) is 4.74 Å². The highest BCUT2D eigenvalue weighted by molar-refractivity contribution is 6.10. The fourth-order valence-corrected chi connectivity index (χ4v) is 7.79. The first-order chi connectivity index (χ1) is 25.8. The van der Waals surface area contributed by atoms with Crippen molar-refractivity contribution in [3.8, 4) is 56.0 Å². The largest absolute Gasteiger partial charge is 0.456 e. The van der Waals surface area contributed by atoms with Crippen LogP contribution in [0.2, 0.25) is 0 Å². The van der Waals surface area contributed by atoms with Gasteiger partial charge in [0.15, 0.2) is 0 Å². The van der Waals surface area contributed by atoms with Gasteiger partial charge in [-0.3, -0.25) is 0 Å². The standard InChI is InChI=1S/C50H33NO/c1-2-14-39(15-3-1)51(40-29-27-35(28-30-40)34-23-25-37(26-24-34)43-19-9-12-36-11-4-5-17-42(36)43)41-16-8-13-38(33-41)44-31-32-49-50-46(44)20-10-21-47(50)45-18-6-7-22-48(45)52-49/h1-33H. The Kier molecular flexibility index (Phi) is 7.18. The van der Waals surface area contributed by atoms with Gasteiger partial charge in [-0.1, -0.05) is 152 Å². The van der Waals surface area contributed by atoms with Crippen LogP contribution < -0.4 is 9.64 Å². The summed E-state index contributed by atoms with van der Waals surface area (Å²) in [5.74, 6) is 1.80. The molecule has 1 heterocycles. The van der Waals surface area contributed by atoms with Gasteiger partial charge in [0, 0.05) is 28.0 Å². The first-order valence-corrected chi connectivity index (χ1v) is 17.8. The molecule has 244 valence electrons. The van der Waals surface area contributed by atoms with Crippen molar-refractivity contribution in [3.63, 3.8) is 0 Å². The van der Waals surface area contributed by atoms with Crippen LogP contribution in [0, 0.1) is 0 Å². The maximum absolute atomic E-state index is 6.39. The molecule has 0 aliphatic carbocycles. The molecule has 0 aromatic heterocycles. The number of ether oxygens (including phenoxy) is 1. The first kappa shape index (κ1) is 30.0. The minimum atomic E-state index is 0.901. The van der Waals surface area contributed by atoms with Gasteiger partial charge >= 0.3 is 0 Å². The number of hydrogen-bond donors (Lipinski definition) is 0. The number of rotatable bonds is 6. The monoisotopic (exact) mass is 663 g/mol. The molecule has 0 saturated carbocycles. The SMILES string of the molecule is c1ccc(N(c2ccc(-c3ccc(-c4cccc5ccccc45)cc3)cc2)c2cccc(-c3ccc4c5c(cccc35)-c3ccccc3O4)c2)cc1. The average Bonchev–Trinajstić information content (AvgIpc) is 3.22. The lowest BCUT2D eigenvalue weighted by molar-refractivity contribution is 0.487. The highest BCUT2D eigenvalue weighted by atomic mass is 16.5. The van der Waals surface area contributed by atoms with Crippen LogP contribution >= 0.6 is 0 Å². The summed E-state index contributed by atoms with van der Waals surface area (Å²) in [7, 11) is 0. The van der Waals surface area contributed by atoms with E-state index in [1.807, 2.05) is 12.1 Å². The van der Waals surface area contributed by atoms with E-state index in [-0.39, 0.29) is 0 Å². The van der Waals surface area contributed by atoms with Crippen LogP contribution in [-0.4, -0.2) is 0 Å². The van der Waals surface area contributed by atoms with E-state index in [0.29, 0.717) is 0 Å². The normalized spacial score (nSPS) is 11.6. The molecule has 0 N–H and O–H groups in total. The van der Waals surface area contributed by atoms with E-state index in [9.17, 15) is 0 Å². The maximum atomic E-state index is 6.39. The summed E-state index contributed by atoms with van der Waals surface area (Å²) in [6, 6.07) is 71.6. The summed E-state index contributed by atoms with van der Waals surface area (Å²) in [4.78, 5) is 2.33. The van der Waals surface area contributed by atoms with Crippen LogP contribution in [0.25, 0.3) is 66.1 Å².